The normalized spacial score (nSPS) is 12.2. The summed E-state index contributed by atoms with van der Waals surface area (Å²) in [5.41, 5.74) is 3.13. The van der Waals surface area contributed by atoms with Gasteiger partial charge in [0.2, 0.25) is 0 Å². The van der Waals surface area contributed by atoms with Crippen LogP contribution in [0.3, 0.4) is 0 Å². The minimum absolute atomic E-state index is 0.351. The molecule has 1 aromatic carbocycles. The number of hydrogen-bond donors (Lipinski definition) is 0. The monoisotopic (exact) mass is 228 g/mol. The molecule has 2 nitrogen and oxygen atoms in total. The first kappa shape index (κ1) is 13.5. The first-order valence-electron chi connectivity index (χ1n) is 5.97. The van der Waals surface area contributed by atoms with E-state index in [1.165, 1.54) is 11.1 Å². The Balaban J connectivity index is 2.82. The maximum Gasteiger partial charge on any atom is 0.0991 e. The Hall–Kier alpha value is -1.59. The molecule has 0 aliphatic rings. The molecule has 0 heterocycles. The van der Waals surface area contributed by atoms with E-state index in [0.717, 1.165) is 13.1 Å². The fourth-order valence-electron chi connectivity index (χ4n) is 1.92. The molecule has 0 aliphatic heterocycles. The highest BCUT2D eigenvalue weighted by Gasteiger charge is 2.13. The number of nitriles is 1. The Kier molecular flexibility index (Phi) is 4.93. The molecule has 1 unspecified atom stereocenters. The van der Waals surface area contributed by atoms with Gasteiger partial charge in [-0.1, -0.05) is 31.2 Å². The Bertz CT molecular complexity index is 412. The Morgan fingerprint density at radius 1 is 1.41 bits per heavy atom. The standard InChI is InChI=1S/C15H20N2/c1-5-17(11-12(2)3)13(4)15-8-6-14(10-16)7-9-15/h6-9,13H,2,5,11H2,1,3-4H3. The summed E-state index contributed by atoms with van der Waals surface area (Å²) in [6.45, 7) is 12.3. The zero-order valence-electron chi connectivity index (χ0n) is 10.9. The number of nitrogens with zero attached hydrogens (tertiary/aromatic N) is 2. The topological polar surface area (TPSA) is 27.0 Å². The van der Waals surface area contributed by atoms with Gasteiger partial charge in [0.1, 0.15) is 0 Å². The number of rotatable bonds is 5. The van der Waals surface area contributed by atoms with Crippen LogP contribution in [0.25, 0.3) is 0 Å². The maximum atomic E-state index is 8.77. The highest BCUT2D eigenvalue weighted by Crippen LogP contribution is 2.20. The third kappa shape index (κ3) is 3.72. The van der Waals surface area contributed by atoms with Crippen molar-refractivity contribution in [2.75, 3.05) is 13.1 Å². The van der Waals surface area contributed by atoms with Gasteiger partial charge in [-0.15, -0.1) is 0 Å². The molecule has 17 heavy (non-hydrogen) atoms. The lowest BCUT2D eigenvalue weighted by molar-refractivity contribution is 0.241. The molecule has 0 amide bonds. The highest BCUT2D eigenvalue weighted by atomic mass is 15.1. The molecule has 0 aliphatic carbocycles. The molecule has 1 rings (SSSR count). The predicted octanol–water partition coefficient (Wildman–Crippen LogP) is 3.52. The van der Waals surface area contributed by atoms with Gasteiger partial charge in [-0.05, 0) is 38.1 Å². The molecule has 0 radical (unpaired) electrons. The van der Waals surface area contributed by atoms with Crippen LogP contribution >= 0.6 is 0 Å². The van der Waals surface area contributed by atoms with Crippen molar-refractivity contribution < 1.29 is 0 Å². The minimum Gasteiger partial charge on any atom is -0.293 e. The van der Waals surface area contributed by atoms with Gasteiger partial charge in [-0.25, -0.2) is 0 Å². The van der Waals surface area contributed by atoms with Crippen molar-refractivity contribution in [3.63, 3.8) is 0 Å². The molecule has 0 saturated heterocycles. The van der Waals surface area contributed by atoms with Crippen LogP contribution in [-0.2, 0) is 0 Å². The third-order valence-electron chi connectivity index (χ3n) is 2.95. The van der Waals surface area contributed by atoms with Crippen molar-refractivity contribution >= 4 is 0 Å². The number of hydrogen-bond acceptors (Lipinski definition) is 2. The lowest BCUT2D eigenvalue weighted by Gasteiger charge is -2.28. The zero-order valence-corrected chi connectivity index (χ0v) is 10.9. The second-order valence-electron chi connectivity index (χ2n) is 4.43. The fraction of sp³-hybridized carbons (Fsp3) is 0.400. The lowest BCUT2D eigenvalue weighted by atomic mass is 10.0. The predicted molar refractivity (Wildman–Crippen MR) is 71.6 cm³/mol. The van der Waals surface area contributed by atoms with Gasteiger partial charge >= 0.3 is 0 Å². The van der Waals surface area contributed by atoms with Gasteiger partial charge in [-0.3, -0.25) is 4.90 Å². The molecule has 0 fully saturated rings. The SMILES string of the molecule is C=C(C)CN(CC)C(C)c1ccc(C#N)cc1. The van der Waals surface area contributed by atoms with Gasteiger partial charge in [0.15, 0.2) is 0 Å². The molecule has 0 N–H and O–H groups in total. The van der Waals surface area contributed by atoms with E-state index in [-0.39, 0.29) is 0 Å². The molecule has 1 atom stereocenters. The van der Waals surface area contributed by atoms with Crippen LogP contribution in [-0.4, -0.2) is 18.0 Å². The van der Waals surface area contributed by atoms with Crippen molar-refractivity contribution in [3.05, 3.63) is 47.5 Å². The summed E-state index contributed by atoms with van der Waals surface area (Å²) in [4.78, 5) is 2.36. The summed E-state index contributed by atoms with van der Waals surface area (Å²) in [5.74, 6) is 0. The van der Waals surface area contributed by atoms with Gasteiger partial charge < -0.3 is 0 Å². The molecule has 90 valence electrons. The number of benzene rings is 1. The molecule has 0 aromatic heterocycles. The van der Waals surface area contributed by atoms with Gasteiger partial charge in [0.25, 0.3) is 0 Å². The van der Waals surface area contributed by atoms with Gasteiger partial charge in [0, 0.05) is 12.6 Å². The molecule has 0 spiro atoms. The van der Waals surface area contributed by atoms with E-state index in [2.05, 4.69) is 31.4 Å². The van der Waals surface area contributed by atoms with Crippen molar-refractivity contribution in [1.82, 2.24) is 4.90 Å². The Labute approximate surface area is 104 Å². The largest absolute Gasteiger partial charge is 0.293 e. The second kappa shape index (κ2) is 6.22. The average Bonchev–Trinajstić information content (AvgIpc) is 2.35. The summed E-state index contributed by atoms with van der Waals surface area (Å²) in [5, 5.41) is 8.77. The number of likely N-dealkylation sites (N-methyl/N-ethyl adjacent to an activating group) is 1. The van der Waals surface area contributed by atoms with E-state index >= 15 is 0 Å². The van der Waals surface area contributed by atoms with E-state index in [1.807, 2.05) is 31.2 Å². The summed E-state index contributed by atoms with van der Waals surface area (Å²) < 4.78 is 0. The molecule has 2 heteroatoms. The van der Waals surface area contributed by atoms with Crippen molar-refractivity contribution in [1.29, 1.82) is 5.26 Å². The summed E-state index contributed by atoms with van der Waals surface area (Å²) in [6, 6.07) is 10.3. The molecule has 0 bridgehead atoms. The first-order valence-corrected chi connectivity index (χ1v) is 5.97. The van der Waals surface area contributed by atoms with Crippen LogP contribution in [0.4, 0.5) is 0 Å². The molecule has 0 saturated carbocycles. The van der Waals surface area contributed by atoms with E-state index in [1.54, 1.807) is 0 Å². The van der Waals surface area contributed by atoms with Crippen LogP contribution in [0, 0.1) is 11.3 Å². The zero-order chi connectivity index (χ0) is 12.8. The summed E-state index contributed by atoms with van der Waals surface area (Å²) in [6.07, 6.45) is 0. The molecular formula is C15H20N2. The summed E-state index contributed by atoms with van der Waals surface area (Å²) in [7, 11) is 0. The van der Waals surface area contributed by atoms with Crippen LogP contribution < -0.4 is 0 Å². The second-order valence-corrected chi connectivity index (χ2v) is 4.43. The molecule has 1 aromatic rings. The van der Waals surface area contributed by atoms with E-state index in [4.69, 9.17) is 5.26 Å². The van der Waals surface area contributed by atoms with Crippen LogP contribution in [0.1, 0.15) is 37.9 Å². The minimum atomic E-state index is 0.351. The summed E-state index contributed by atoms with van der Waals surface area (Å²) >= 11 is 0. The average molecular weight is 228 g/mol. The van der Waals surface area contributed by atoms with Crippen LogP contribution in [0.2, 0.25) is 0 Å². The Morgan fingerprint density at radius 3 is 2.41 bits per heavy atom. The lowest BCUT2D eigenvalue weighted by Crippen LogP contribution is -2.28. The maximum absolute atomic E-state index is 8.77. The highest BCUT2D eigenvalue weighted by molar-refractivity contribution is 5.32. The smallest absolute Gasteiger partial charge is 0.0991 e. The van der Waals surface area contributed by atoms with Crippen molar-refractivity contribution in [3.8, 4) is 6.07 Å². The van der Waals surface area contributed by atoms with Crippen LogP contribution in [0.5, 0.6) is 0 Å². The van der Waals surface area contributed by atoms with E-state index in [0.29, 0.717) is 11.6 Å². The van der Waals surface area contributed by atoms with Gasteiger partial charge in [-0.2, -0.15) is 5.26 Å². The third-order valence-corrected chi connectivity index (χ3v) is 2.95. The van der Waals surface area contributed by atoms with Gasteiger partial charge in [0.05, 0.1) is 11.6 Å². The van der Waals surface area contributed by atoms with Crippen molar-refractivity contribution in [2.45, 2.75) is 26.8 Å². The van der Waals surface area contributed by atoms with E-state index < -0.39 is 0 Å². The first-order chi connectivity index (χ1) is 8.08. The van der Waals surface area contributed by atoms with Crippen molar-refractivity contribution in [2.24, 2.45) is 0 Å². The Morgan fingerprint density at radius 2 is 2.00 bits per heavy atom. The molecular weight excluding hydrogens is 208 g/mol. The van der Waals surface area contributed by atoms with Crippen LogP contribution in [0.15, 0.2) is 36.4 Å². The quantitative estimate of drug-likeness (QED) is 0.721. The fourth-order valence-corrected chi connectivity index (χ4v) is 1.92. The van der Waals surface area contributed by atoms with E-state index in [9.17, 15) is 0 Å².